The van der Waals surface area contributed by atoms with Crippen molar-refractivity contribution in [2.75, 3.05) is 7.11 Å². The third kappa shape index (κ3) is 2.63. The molecule has 1 aromatic heterocycles. The number of nitro benzene ring substituents is 1. The maximum atomic E-state index is 11.8. The van der Waals surface area contributed by atoms with Gasteiger partial charge in [-0.15, -0.1) is 0 Å². The van der Waals surface area contributed by atoms with Crippen molar-refractivity contribution < 1.29 is 24.0 Å². The Labute approximate surface area is 117 Å². The number of aliphatic hydroxyl groups is 1. The number of ether oxygens (including phenoxy) is 1. The molecule has 9 heteroatoms. The van der Waals surface area contributed by atoms with Crippen LogP contribution in [-0.2, 0) is 16.1 Å². The highest BCUT2D eigenvalue weighted by Crippen LogP contribution is 2.21. The summed E-state index contributed by atoms with van der Waals surface area (Å²) in [7, 11) is 1.10. The molecular weight excluding hydrogens is 284 g/mol. The number of benzene rings is 1. The van der Waals surface area contributed by atoms with E-state index in [1.807, 2.05) is 0 Å². The van der Waals surface area contributed by atoms with Gasteiger partial charge in [0.1, 0.15) is 0 Å². The van der Waals surface area contributed by atoms with Crippen LogP contribution in [0.1, 0.15) is 6.92 Å². The van der Waals surface area contributed by atoms with Gasteiger partial charge in [0.2, 0.25) is 0 Å². The van der Waals surface area contributed by atoms with E-state index in [-0.39, 0.29) is 16.8 Å². The highest BCUT2D eigenvalue weighted by molar-refractivity contribution is 5.79. The van der Waals surface area contributed by atoms with Gasteiger partial charge in [-0.3, -0.25) is 14.7 Å². The van der Waals surface area contributed by atoms with E-state index in [0.29, 0.717) is 0 Å². The highest BCUT2D eigenvalue weighted by Gasteiger charge is 2.33. The van der Waals surface area contributed by atoms with Gasteiger partial charge in [-0.05, 0) is 13.0 Å². The van der Waals surface area contributed by atoms with Crippen LogP contribution in [0.15, 0.2) is 27.4 Å². The lowest BCUT2D eigenvalue weighted by molar-refractivity contribution is -0.384. The van der Waals surface area contributed by atoms with E-state index in [4.69, 9.17) is 4.42 Å². The zero-order valence-corrected chi connectivity index (χ0v) is 11.2. The number of methoxy groups -OCH3 is 1. The van der Waals surface area contributed by atoms with Crippen molar-refractivity contribution in [3.05, 3.63) is 38.9 Å². The normalized spacial score (nSPS) is 13.9. The van der Waals surface area contributed by atoms with Crippen molar-refractivity contribution in [2.45, 2.75) is 19.1 Å². The first-order valence-electron chi connectivity index (χ1n) is 5.85. The molecular formula is C12H12N2O7. The van der Waals surface area contributed by atoms with Gasteiger partial charge < -0.3 is 14.3 Å². The molecule has 0 radical (unpaired) electrons. The number of nitrogens with zero attached hydrogens (tertiary/aromatic N) is 2. The molecule has 9 nitrogen and oxygen atoms in total. The largest absolute Gasteiger partial charge is 0.467 e. The van der Waals surface area contributed by atoms with E-state index >= 15 is 0 Å². The molecule has 21 heavy (non-hydrogen) atoms. The summed E-state index contributed by atoms with van der Waals surface area (Å²) in [4.78, 5) is 33.4. The average molecular weight is 296 g/mol. The molecule has 112 valence electrons. The Bertz CT molecular complexity index is 771. The number of rotatable bonds is 4. The number of carbonyl (C=O) groups is 1. The second-order valence-electron chi connectivity index (χ2n) is 4.63. The average Bonchev–Trinajstić information content (AvgIpc) is 2.73. The third-order valence-electron chi connectivity index (χ3n) is 2.95. The van der Waals surface area contributed by atoms with Gasteiger partial charge >= 0.3 is 11.7 Å². The Balaban J connectivity index is 2.55. The van der Waals surface area contributed by atoms with Gasteiger partial charge in [-0.25, -0.2) is 9.59 Å². The molecule has 0 aliphatic rings. The summed E-state index contributed by atoms with van der Waals surface area (Å²) in [6.45, 7) is 0.716. The molecule has 2 rings (SSSR count). The molecule has 0 aliphatic heterocycles. The molecule has 0 fully saturated rings. The van der Waals surface area contributed by atoms with Gasteiger partial charge in [-0.1, -0.05) is 0 Å². The van der Waals surface area contributed by atoms with Crippen LogP contribution >= 0.6 is 0 Å². The monoisotopic (exact) mass is 296 g/mol. The Morgan fingerprint density at radius 2 is 2.24 bits per heavy atom. The van der Waals surface area contributed by atoms with E-state index in [0.717, 1.165) is 17.7 Å². The summed E-state index contributed by atoms with van der Waals surface area (Å²) in [5.41, 5.74) is -1.99. The second kappa shape index (κ2) is 5.02. The Kier molecular flexibility index (Phi) is 3.52. The van der Waals surface area contributed by atoms with Crippen molar-refractivity contribution in [2.24, 2.45) is 0 Å². The molecule has 2 aromatic rings. The fraction of sp³-hybridized carbons (Fsp3) is 0.333. The minimum absolute atomic E-state index is 0.110. The third-order valence-corrected chi connectivity index (χ3v) is 2.95. The van der Waals surface area contributed by atoms with Crippen LogP contribution in [0.2, 0.25) is 0 Å². The number of fused-ring (bicyclic) bond motifs is 1. The smallest absolute Gasteiger partial charge is 0.420 e. The van der Waals surface area contributed by atoms with E-state index in [1.54, 1.807) is 0 Å². The molecule has 1 aromatic carbocycles. The summed E-state index contributed by atoms with van der Waals surface area (Å²) in [5.74, 6) is -1.77. The second-order valence-corrected chi connectivity index (χ2v) is 4.63. The van der Waals surface area contributed by atoms with E-state index < -0.39 is 28.8 Å². The number of non-ortho nitro benzene ring substituents is 1. The van der Waals surface area contributed by atoms with Crippen LogP contribution < -0.4 is 5.76 Å². The number of nitro groups is 1. The minimum atomic E-state index is -1.97. The van der Waals surface area contributed by atoms with Gasteiger partial charge in [-0.2, -0.15) is 0 Å². The molecule has 0 amide bonds. The molecule has 1 N–H and O–H groups in total. The van der Waals surface area contributed by atoms with Crippen molar-refractivity contribution in [3.63, 3.8) is 0 Å². The molecule has 1 heterocycles. The number of carbonyl (C=O) groups excluding carboxylic acids is 1. The quantitative estimate of drug-likeness (QED) is 0.492. The number of hydrogen-bond acceptors (Lipinski definition) is 7. The summed E-state index contributed by atoms with van der Waals surface area (Å²) in [6.07, 6.45) is 0. The predicted octanol–water partition coefficient (Wildman–Crippen LogP) is 0.427. The van der Waals surface area contributed by atoms with Crippen LogP contribution in [0.3, 0.4) is 0 Å². The van der Waals surface area contributed by atoms with E-state index in [9.17, 15) is 24.8 Å². The predicted molar refractivity (Wildman–Crippen MR) is 69.8 cm³/mol. The van der Waals surface area contributed by atoms with E-state index in [1.165, 1.54) is 19.1 Å². The summed E-state index contributed by atoms with van der Waals surface area (Å²) in [6, 6.07) is 3.60. The first-order chi connectivity index (χ1) is 9.76. The summed E-state index contributed by atoms with van der Waals surface area (Å²) < 4.78 is 10.3. The maximum absolute atomic E-state index is 11.8. The number of hydrogen-bond donors (Lipinski definition) is 1. The van der Waals surface area contributed by atoms with Gasteiger partial charge in [0.05, 0.1) is 24.1 Å². The highest BCUT2D eigenvalue weighted by atomic mass is 16.6. The van der Waals surface area contributed by atoms with Crippen LogP contribution in [0.4, 0.5) is 5.69 Å². The maximum Gasteiger partial charge on any atom is 0.420 e. The summed E-state index contributed by atoms with van der Waals surface area (Å²) >= 11 is 0. The van der Waals surface area contributed by atoms with Crippen molar-refractivity contribution >= 4 is 22.8 Å². The fourth-order valence-electron chi connectivity index (χ4n) is 1.91. The SMILES string of the molecule is COC(=O)C(C)(O)Cn1c(=O)oc2ccc([N+](=O)[O-])cc21. The standard InChI is InChI=1S/C12H12N2O7/c1-12(17,10(15)20-2)6-13-8-5-7(14(18)19)3-4-9(8)21-11(13)16/h3-5,17H,6H2,1-2H3. The zero-order valence-electron chi connectivity index (χ0n) is 11.2. The first kappa shape index (κ1) is 14.7. The topological polar surface area (TPSA) is 125 Å². The zero-order chi connectivity index (χ0) is 15.8. The van der Waals surface area contributed by atoms with Crippen molar-refractivity contribution in [3.8, 4) is 0 Å². The molecule has 0 bridgehead atoms. The summed E-state index contributed by atoms with van der Waals surface area (Å²) in [5, 5.41) is 20.8. The molecule has 0 saturated heterocycles. The minimum Gasteiger partial charge on any atom is -0.467 e. The van der Waals surface area contributed by atoms with Crippen LogP contribution in [-0.4, -0.2) is 33.3 Å². The van der Waals surface area contributed by atoms with Gasteiger partial charge in [0.25, 0.3) is 5.69 Å². The Hall–Kier alpha value is -2.68. The lowest BCUT2D eigenvalue weighted by atomic mass is 10.1. The molecule has 1 atom stereocenters. The van der Waals surface area contributed by atoms with Crippen LogP contribution in [0.25, 0.3) is 11.1 Å². The van der Waals surface area contributed by atoms with Crippen LogP contribution in [0, 0.1) is 10.1 Å². The molecule has 1 unspecified atom stereocenters. The number of oxazole rings is 1. The number of aromatic nitrogens is 1. The fourth-order valence-corrected chi connectivity index (χ4v) is 1.91. The van der Waals surface area contributed by atoms with Crippen molar-refractivity contribution in [1.29, 1.82) is 0 Å². The Morgan fingerprint density at radius 3 is 2.81 bits per heavy atom. The van der Waals surface area contributed by atoms with Crippen LogP contribution in [0.5, 0.6) is 0 Å². The Morgan fingerprint density at radius 1 is 1.57 bits per heavy atom. The molecule has 0 spiro atoms. The van der Waals surface area contributed by atoms with Gasteiger partial charge in [0.15, 0.2) is 11.2 Å². The molecule has 0 saturated carbocycles. The first-order valence-corrected chi connectivity index (χ1v) is 5.85. The lowest BCUT2D eigenvalue weighted by Crippen LogP contribution is -2.42. The van der Waals surface area contributed by atoms with Crippen molar-refractivity contribution in [1.82, 2.24) is 4.57 Å². The van der Waals surface area contributed by atoms with E-state index in [2.05, 4.69) is 4.74 Å². The lowest BCUT2D eigenvalue weighted by Gasteiger charge is -2.19. The molecule has 0 aliphatic carbocycles. The van der Waals surface area contributed by atoms with Gasteiger partial charge in [0, 0.05) is 12.1 Å². The number of esters is 1.